The summed E-state index contributed by atoms with van der Waals surface area (Å²) in [5.74, 6) is 0.151. The largest absolute Gasteiger partial charge is 0.486 e. The van der Waals surface area contributed by atoms with Crippen LogP contribution in [0.25, 0.3) is 22.3 Å². The van der Waals surface area contributed by atoms with Crippen molar-refractivity contribution in [1.82, 2.24) is 14.8 Å². The molecule has 0 spiro atoms. The van der Waals surface area contributed by atoms with Crippen LogP contribution in [-0.2, 0) is 4.74 Å². The zero-order valence-corrected chi connectivity index (χ0v) is 18.9. The fourth-order valence-corrected chi connectivity index (χ4v) is 3.83. The summed E-state index contributed by atoms with van der Waals surface area (Å²) < 4.78 is 18.2. The highest BCUT2D eigenvalue weighted by atomic mass is 16.6. The van der Waals surface area contributed by atoms with Gasteiger partial charge in [0.05, 0.1) is 22.8 Å². The first-order chi connectivity index (χ1) is 16.5. The molecule has 1 aliphatic rings. The number of rotatable bonds is 6. The van der Waals surface area contributed by atoms with E-state index in [9.17, 15) is 9.59 Å². The molecular formula is C26H23N3O5. The molecule has 3 heterocycles. The Balaban J connectivity index is 1.43. The number of ketones is 1. The Bertz CT molecular complexity index is 1380. The maximum absolute atomic E-state index is 13.1. The molecule has 0 saturated heterocycles. The van der Waals surface area contributed by atoms with Gasteiger partial charge in [-0.3, -0.25) is 4.79 Å². The van der Waals surface area contributed by atoms with Crippen LogP contribution in [0, 0.1) is 0 Å². The van der Waals surface area contributed by atoms with Gasteiger partial charge in [-0.1, -0.05) is 30.3 Å². The molecule has 1 aliphatic heterocycles. The van der Waals surface area contributed by atoms with Crippen molar-refractivity contribution in [2.24, 2.45) is 0 Å². The van der Waals surface area contributed by atoms with Gasteiger partial charge in [0.1, 0.15) is 13.2 Å². The molecule has 0 aliphatic carbocycles. The van der Waals surface area contributed by atoms with Gasteiger partial charge in [0.25, 0.3) is 0 Å². The molecule has 2 aromatic heterocycles. The van der Waals surface area contributed by atoms with Crippen LogP contribution in [-0.4, -0.2) is 46.3 Å². The molecule has 0 atom stereocenters. The number of hydrogen-bond donors (Lipinski definition) is 0. The Morgan fingerprint density at radius 2 is 1.79 bits per heavy atom. The summed E-state index contributed by atoms with van der Waals surface area (Å²) in [6.45, 7) is 4.48. The van der Waals surface area contributed by atoms with Crippen molar-refractivity contribution in [1.29, 1.82) is 0 Å². The average molecular weight is 457 g/mol. The quantitative estimate of drug-likeness (QED) is 0.311. The van der Waals surface area contributed by atoms with E-state index in [0.717, 1.165) is 5.56 Å². The number of esters is 1. The average Bonchev–Trinajstić information content (AvgIpc) is 3.31. The molecule has 0 N–H and O–H groups in total. The van der Waals surface area contributed by atoms with Crippen LogP contribution in [0.4, 0.5) is 0 Å². The minimum atomic E-state index is -0.612. The molecule has 0 bridgehead atoms. The number of pyridine rings is 1. The fourth-order valence-electron chi connectivity index (χ4n) is 3.83. The van der Waals surface area contributed by atoms with Crippen molar-refractivity contribution < 1.29 is 23.8 Å². The first kappa shape index (κ1) is 21.6. The highest BCUT2D eigenvalue weighted by Gasteiger charge is 2.21. The summed E-state index contributed by atoms with van der Waals surface area (Å²) in [4.78, 5) is 30.6. The third kappa shape index (κ3) is 4.10. The minimum absolute atomic E-state index is 0.0525. The SMILES string of the molecule is CC(C)n1ncc2c(C(=O)OCC(=O)c3ccc4c(c3)OCCO4)cc(-c3ccccc3)nc21. The zero-order chi connectivity index (χ0) is 23.7. The Morgan fingerprint density at radius 3 is 2.56 bits per heavy atom. The second-order valence-electron chi connectivity index (χ2n) is 8.20. The Kier molecular flexibility index (Phi) is 5.71. The number of aromatic nitrogens is 3. The highest BCUT2D eigenvalue weighted by molar-refractivity contribution is 6.05. The summed E-state index contributed by atoms with van der Waals surface area (Å²) >= 11 is 0. The van der Waals surface area contributed by atoms with Crippen molar-refractivity contribution in [2.45, 2.75) is 19.9 Å². The predicted octanol–water partition coefficient (Wildman–Crippen LogP) is 4.49. The molecule has 0 amide bonds. The van der Waals surface area contributed by atoms with E-state index < -0.39 is 12.6 Å². The molecule has 0 unspecified atom stereocenters. The fraction of sp³-hybridized carbons (Fsp3) is 0.231. The van der Waals surface area contributed by atoms with Gasteiger partial charge in [0.2, 0.25) is 0 Å². The Morgan fingerprint density at radius 1 is 1.03 bits per heavy atom. The number of carbonyl (C=O) groups is 2. The summed E-state index contributed by atoms with van der Waals surface area (Å²) in [5, 5.41) is 4.98. The molecule has 8 nitrogen and oxygen atoms in total. The van der Waals surface area contributed by atoms with E-state index in [1.807, 2.05) is 44.2 Å². The van der Waals surface area contributed by atoms with Crippen LogP contribution in [0.5, 0.6) is 11.5 Å². The van der Waals surface area contributed by atoms with Crippen molar-refractivity contribution in [3.8, 4) is 22.8 Å². The van der Waals surface area contributed by atoms with E-state index in [0.29, 0.717) is 52.6 Å². The maximum atomic E-state index is 13.1. The van der Waals surface area contributed by atoms with Gasteiger partial charge in [-0.15, -0.1) is 0 Å². The number of nitrogens with zero attached hydrogens (tertiary/aromatic N) is 3. The first-order valence-corrected chi connectivity index (χ1v) is 11.0. The zero-order valence-electron chi connectivity index (χ0n) is 18.9. The molecule has 8 heteroatoms. The lowest BCUT2D eigenvalue weighted by Crippen LogP contribution is -2.17. The lowest BCUT2D eigenvalue weighted by Gasteiger charge is -2.18. The number of benzene rings is 2. The van der Waals surface area contributed by atoms with Gasteiger partial charge in [-0.25, -0.2) is 14.5 Å². The molecule has 5 rings (SSSR count). The number of carbonyl (C=O) groups excluding carboxylic acids is 2. The van der Waals surface area contributed by atoms with Gasteiger partial charge in [-0.2, -0.15) is 5.10 Å². The molecule has 34 heavy (non-hydrogen) atoms. The maximum Gasteiger partial charge on any atom is 0.339 e. The molecule has 0 saturated carbocycles. The van der Waals surface area contributed by atoms with Crippen molar-refractivity contribution in [3.05, 3.63) is 71.9 Å². The van der Waals surface area contributed by atoms with E-state index >= 15 is 0 Å². The molecule has 0 radical (unpaired) electrons. The lowest BCUT2D eigenvalue weighted by atomic mass is 10.1. The summed E-state index contributed by atoms with van der Waals surface area (Å²) in [5.41, 5.74) is 2.77. The van der Waals surface area contributed by atoms with Gasteiger partial charge >= 0.3 is 5.97 Å². The minimum Gasteiger partial charge on any atom is -0.486 e. The van der Waals surface area contributed by atoms with Crippen LogP contribution in [0.3, 0.4) is 0 Å². The number of hydrogen-bond acceptors (Lipinski definition) is 7. The smallest absolute Gasteiger partial charge is 0.339 e. The van der Waals surface area contributed by atoms with Crippen LogP contribution in [0.15, 0.2) is 60.8 Å². The van der Waals surface area contributed by atoms with Crippen molar-refractivity contribution >= 4 is 22.8 Å². The van der Waals surface area contributed by atoms with Gasteiger partial charge < -0.3 is 14.2 Å². The predicted molar refractivity (Wildman–Crippen MR) is 125 cm³/mol. The topological polar surface area (TPSA) is 92.5 Å². The summed E-state index contributed by atoms with van der Waals surface area (Å²) in [6, 6.07) is 16.2. The van der Waals surface area contributed by atoms with E-state index in [4.69, 9.17) is 19.2 Å². The van der Waals surface area contributed by atoms with E-state index in [2.05, 4.69) is 5.10 Å². The summed E-state index contributed by atoms with van der Waals surface area (Å²) in [6.07, 6.45) is 1.61. The molecule has 0 fully saturated rings. The standard InChI is InChI=1S/C26H23N3O5/c1-16(2)29-25-20(14-27-29)19(13-21(28-25)17-6-4-3-5-7-17)26(31)34-15-22(30)18-8-9-23-24(12-18)33-11-10-32-23/h3-9,12-14,16H,10-11,15H2,1-2H3. The monoisotopic (exact) mass is 457 g/mol. The Hall–Kier alpha value is -4.20. The second kappa shape index (κ2) is 8.97. The van der Waals surface area contributed by atoms with Gasteiger partial charge in [0, 0.05) is 17.2 Å². The third-order valence-corrected chi connectivity index (χ3v) is 5.54. The molecule has 172 valence electrons. The highest BCUT2D eigenvalue weighted by Crippen LogP contribution is 2.31. The second-order valence-corrected chi connectivity index (χ2v) is 8.20. The number of ether oxygens (including phenoxy) is 3. The van der Waals surface area contributed by atoms with Crippen LogP contribution < -0.4 is 9.47 Å². The van der Waals surface area contributed by atoms with E-state index in [-0.39, 0.29) is 11.8 Å². The van der Waals surface area contributed by atoms with Crippen LogP contribution >= 0.6 is 0 Å². The molecule has 4 aromatic rings. The number of fused-ring (bicyclic) bond motifs is 2. The van der Waals surface area contributed by atoms with E-state index in [1.54, 1.807) is 35.1 Å². The van der Waals surface area contributed by atoms with Gasteiger partial charge in [0.15, 0.2) is 29.5 Å². The first-order valence-electron chi connectivity index (χ1n) is 11.0. The Labute approximate surface area is 196 Å². The van der Waals surface area contributed by atoms with Crippen molar-refractivity contribution in [3.63, 3.8) is 0 Å². The molecular weight excluding hydrogens is 434 g/mol. The number of Topliss-reactive ketones (excluding diaryl/α,β-unsaturated/α-hetero) is 1. The van der Waals surface area contributed by atoms with Crippen LogP contribution in [0.2, 0.25) is 0 Å². The van der Waals surface area contributed by atoms with Crippen LogP contribution in [0.1, 0.15) is 40.6 Å². The normalized spacial score (nSPS) is 12.7. The third-order valence-electron chi connectivity index (χ3n) is 5.54. The van der Waals surface area contributed by atoms with Crippen molar-refractivity contribution in [2.75, 3.05) is 19.8 Å². The van der Waals surface area contributed by atoms with Gasteiger partial charge in [-0.05, 0) is 38.1 Å². The molecule has 2 aromatic carbocycles. The lowest BCUT2D eigenvalue weighted by molar-refractivity contribution is 0.0476. The van der Waals surface area contributed by atoms with E-state index in [1.165, 1.54) is 0 Å². The summed E-state index contributed by atoms with van der Waals surface area (Å²) in [7, 11) is 0.